The molecular formula is C13H14N2O2. The quantitative estimate of drug-likeness (QED) is 0.838. The van der Waals surface area contributed by atoms with E-state index in [9.17, 15) is 4.79 Å². The van der Waals surface area contributed by atoms with Crippen LogP contribution in [0.2, 0.25) is 0 Å². The van der Waals surface area contributed by atoms with Crippen LogP contribution in [0.1, 0.15) is 17.2 Å². The first kappa shape index (κ1) is 11.4. The molecule has 1 aromatic carbocycles. The third kappa shape index (κ3) is 2.95. The van der Waals surface area contributed by atoms with Crippen LogP contribution in [0.3, 0.4) is 0 Å². The van der Waals surface area contributed by atoms with E-state index in [-0.39, 0.29) is 5.91 Å². The number of amides is 1. The lowest BCUT2D eigenvalue weighted by Gasteiger charge is -2.11. The molecule has 4 nitrogen and oxygen atoms in total. The monoisotopic (exact) mass is 230 g/mol. The predicted molar refractivity (Wildman–Crippen MR) is 63.9 cm³/mol. The number of rotatable bonds is 4. The van der Waals surface area contributed by atoms with Crippen LogP contribution in [-0.2, 0) is 11.3 Å². The van der Waals surface area contributed by atoms with E-state index in [0.717, 1.165) is 11.1 Å². The summed E-state index contributed by atoms with van der Waals surface area (Å²) in [6, 6.07) is 10.4. The van der Waals surface area contributed by atoms with E-state index in [1.165, 1.54) is 0 Å². The van der Waals surface area contributed by atoms with Gasteiger partial charge in [-0.05, 0) is 11.6 Å². The number of nitrogens with two attached hydrogens (primary N) is 1. The van der Waals surface area contributed by atoms with Gasteiger partial charge in [-0.3, -0.25) is 4.79 Å². The summed E-state index contributed by atoms with van der Waals surface area (Å²) in [5, 5.41) is 2.76. The van der Waals surface area contributed by atoms with Crippen molar-refractivity contribution in [3.05, 3.63) is 60.1 Å². The molecule has 2 rings (SSSR count). The van der Waals surface area contributed by atoms with Gasteiger partial charge >= 0.3 is 0 Å². The summed E-state index contributed by atoms with van der Waals surface area (Å²) in [6.45, 7) is 0.426. The fraction of sp³-hybridized carbons (Fsp3) is 0.154. The first-order chi connectivity index (χ1) is 8.27. The largest absolute Gasteiger partial charge is 0.472 e. The first-order valence-electron chi connectivity index (χ1n) is 5.36. The maximum atomic E-state index is 11.8. The molecule has 2 aromatic rings. The van der Waals surface area contributed by atoms with Gasteiger partial charge in [0.2, 0.25) is 5.91 Å². The molecule has 0 aliphatic heterocycles. The lowest BCUT2D eigenvalue weighted by molar-refractivity contribution is -0.122. The molecule has 1 unspecified atom stereocenters. The zero-order valence-electron chi connectivity index (χ0n) is 9.30. The van der Waals surface area contributed by atoms with E-state index >= 15 is 0 Å². The van der Waals surface area contributed by atoms with E-state index in [1.807, 2.05) is 30.3 Å². The second kappa shape index (κ2) is 5.32. The molecule has 0 aliphatic rings. The van der Waals surface area contributed by atoms with E-state index in [2.05, 4.69) is 5.32 Å². The van der Waals surface area contributed by atoms with Gasteiger partial charge in [-0.1, -0.05) is 30.3 Å². The molecule has 0 radical (unpaired) electrons. The minimum atomic E-state index is -0.636. The van der Waals surface area contributed by atoms with Crippen LogP contribution in [0.5, 0.6) is 0 Å². The standard InChI is InChI=1S/C13H14N2O2/c14-12(11-4-2-1-3-5-11)13(16)15-8-10-6-7-17-9-10/h1-7,9,12H,8,14H2,(H,15,16). The number of hydrogen-bond acceptors (Lipinski definition) is 3. The Morgan fingerprint density at radius 1 is 1.29 bits per heavy atom. The molecule has 1 amide bonds. The molecule has 1 heterocycles. The van der Waals surface area contributed by atoms with Crippen molar-refractivity contribution in [3.63, 3.8) is 0 Å². The normalized spacial score (nSPS) is 12.1. The lowest BCUT2D eigenvalue weighted by atomic mass is 10.1. The van der Waals surface area contributed by atoms with Crippen molar-refractivity contribution in [2.45, 2.75) is 12.6 Å². The second-order valence-corrected chi connectivity index (χ2v) is 3.74. The van der Waals surface area contributed by atoms with Gasteiger partial charge < -0.3 is 15.5 Å². The zero-order chi connectivity index (χ0) is 12.1. The highest BCUT2D eigenvalue weighted by Gasteiger charge is 2.14. The molecule has 3 N–H and O–H groups in total. The molecule has 0 bridgehead atoms. The van der Waals surface area contributed by atoms with Crippen LogP contribution in [-0.4, -0.2) is 5.91 Å². The van der Waals surface area contributed by atoms with Crippen molar-refractivity contribution in [1.29, 1.82) is 0 Å². The molecular weight excluding hydrogens is 216 g/mol. The van der Waals surface area contributed by atoms with Crippen molar-refractivity contribution < 1.29 is 9.21 Å². The molecule has 17 heavy (non-hydrogen) atoms. The van der Waals surface area contributed by atoms with Gasteiger partial charge in [-0.25, -0.2) is 0 Å². The Labute approximate surface area is 99.4 Å². The summed E-state index contributed by atoms with van der Waals surface area (Å²) < 4.78 is 4.91. The fourth-order valence-electron chi connectivity index (χ4n) is 1.50. The average molecular weight is 230 g/mol. The van der Waals surface area contributed by atoms with Gasteiger partial charge in [-0.2, -0.15) is 0 Å². The van der Waals surface area contributed by atoms with E-state index < -0.39 is 6.04 Å². The SMILES string of the molecule is NC(C(=O)NCc1ccoc1)c1ccccc1. The van der Waals surface area contributed by atoms with E-state index in [4.69, 9.17) is 10.2 Å². The minimum absolute atomic E-state index is 0.197. The molecule has 1 atom stereocenters. The topological polar surface area (TPSA) is 68.3 Å². The lowest BCUT2D eigenvalue weighted by Crippen LogP contribution is -2.33. The molecule has 0 aliphatic carbocycles. The number of carbonyl (C=O) groups is 1. The van der Waals surface area contributed by atoms with Gasteiger partial charge in [-0.15, -0.1) is 0 Å². The van der Waals surface area contributed by atoms with Gasteiger partial charge in [0, 0.05) is 12.1 Å². The number of hydrogen-bond donors (Lipinski definition) is 2. The Bertz CT molecular complexity index is 465. The van der Waals surface area contributed by atoms with Crippen LogP contribution in [0, 0.1) is 0 Å². The summed E-state index contributed by atoms with van der Waals surface area (Å²) in [4.78, 5) is 11.8. The summed E-state index contributed by atoms with van der Waals surface area (Å²) in [7, 11) is 0. The third-order valence-electron chi connectivity index (χ3n) is 2.49. The fourth-order valence-corrected chi connectivity index (χ4v) is 1.50. The average Bonchev–Trinajstić information content (AvgIpc) is 2.89. The highest BCUT2D eigenvalue weighted by Crippen LogP contribution is 2.09. The minimum Gasteiger partial charge on any atom is -0.472 e. The number of furan rings is 1. The molecule has 4 heteroatoms. The highest BCUT2D eigenvalue weighted by molar-refractivity contribution is 5.82. The maximum Gasteiger partial charge on any atom is 0.241 e. The van der Waals surface area contributed by atoms with Crippen LogP contribution in [0.4, 0.5) is 0 Å². The summed E-state index contributed by atoms with van der Waals surface area (Å²) in [5.74, 6) is -0.197. The Morgan fingerprint density at radius 2 is 2.06 bits per heavy atom. The number of benzene rings is 1. The van der Waals surface area contributed by atoms with Crippen molar-refractivity contribution >= 4 is 5.91 Å². The van der Waals surface area contributed by atoms with Gasteiger partial charge in [0.15, 0.2) is 0 Å². The van der Waals surface area contributed by atoms with Gasteiger partial charge in [0.05, 0.1) is 12.5 Å². The van der Waals surface area contributed by atoms with Gasteiger partial charge in [0.25, 0.3) is 0 Å². The Hall–Kier alpha value is -2.07. The molecule has 0 saturated carbocycles. The predicted octanol–water partition coefficient (Wildman–Crippen LogP) is 1.60. The van der Waals surface area contributed by atoms with E-state index in [0.29, 0.717) is 6.54 Å². The van der Waals surface area contributed by atoms with Crippen LogP contribution >= 0.6 is 0 Å². The molecule has 88 valence electrons. The van der Waals surface area contributed by atoms with Crippen LogP contribution < -0.4 is 11.1 Å². The van der Waals surface area contributed by atoms with Crippen molar-refractivity contribution in [2.24, 2.45) is 5.73 Å². The van der Waals surface area contributed by atoms with E-state index in [1.54, 1.807) is 18.6 Å². The second-order valence-electron chi connectivity index (χ2n) is 3.74. The van der Waals surface area contributed by atoms with Crippen molar-refractivity contribution in [3.8, 4) is 0 Å². The van der Waals surface area contributed by atoms with Crippen molar-refractivity contribution in [1.82, 2.24) is 5.32 Å². The molecule has 0 saturated heterocycles. The summed E-state index contributed by atoms with van der Waals surface area (Å²) in [5.41, 5.74) is 7.56. The highest BCUT2D eigenvalue weighted by atomic mass is 16.3. The Balaban J connectivity index is 1.92. The molecule has 0 fully saturated rings. The third-order valence-corrected chi connectivity index (χ3v) is 2.49. The van der Waals surface area contributed by atoms with Crippen LogP contribution in [0.15, 0.2) is 53.3 Å². The summed E-state index contributed by atoms with van der Waals surface area (Å²) >= 11 is 0. The Morgan fingerprint density at radius 3 is 2.71 bits per heavy atom. The van der Waals surface area contributed by atoms with Crippen molar-refractivity contribution in [2.75, 3.05) is 0 Å². The smallest absolute Gasteiger partial charge is 0.241 e. The first-order valence-corrected chi connectivity index (χ1v) is 5.36. The number of nitrogens with one attached hydrogen (secondary N) is 1. The molecule has 1 aromatic heterocycles. The zero-order valence-corrected chi connectivity index (χ0v) is 9.30. The maximum absolute atomic E-state index is 11.8. The Kier molecular flexibility index (Phi) is 3.57. The summed E-state index contributed by atoms with van der Waals surface area (Å²) in [6.07, 6.45) is 3.16. The van der Waals surface area contributed by atoms with Gasteiger partial charge in [0.1, 0.15) is 6.04 Å². The molecule has 0 spiro atoms. The van der Waals surface area contributed by atoms with Crippen LogP contribution in [0.25, 0.3) is 0 Å². The number of carbonyl (C=O) groups excluding carboxylic acids is 1.